The second kappa shape index (κ2) is 14.4. The Labute approximate surface area is 161 Å². The molecule has 2 N–H and O–H groups in total. The van der Waals surface area contributed by atoms with Gasteiger partial charge >= 0.3 is 0 Å². The van der Waals surface area contributed by atoms with Crippen molar-refractivity contribution in [3.63, 3.8) is 0 Å². The minimum absolute atomic E-state index is 0.151. The molecule has 1 atom stereocenters. The molecule has 0 spiro atoms. The van der Waals surface area contributed by atoms with Crippen LogP contribution in [0.3, 0.4) is 0 Å². The van der Waals surface area contributed by atoms with Crippen LogP contribution in [0.1, 0.15) is 104 Å². The van der Waals surface area contributed by atoms with Crippen molar-refractivity contribution in [2.75, 3.05) is 19.8 Å². The first kappa shape index (κ1) is 23.4. The van der Waals surface area contributed by atoms with E-state index in [2.05, 4.69) is 18.8 Å². The highest BCUT2D eigenvalue weighted by Gasteiger charge is 2.37. The molecule has 4 heteroatoms. The Balaban J connectivity index is 2.04. The maximum absolute atomic E-state index is 9.43. The highest BCUT2D eigenvalue weighted by Crippen LogP contribution is 2.26. The van der Waals surface area contributed by atoms with Gasteiger partial charge < -0.3 is 14.9 Å². The van der Waals surface area contributed by atoms with Crippen molar-refractivity contribution in [3.8, 4) is 0 Å². The molecule has 0 bridgehead atoms. The van der Waals surface area contributed by atoms with Crippen molar-refractivity contribution in [1.82, 2.24) is 0 Å². The average molecular weight is 370 g/mol. The molecule has 154 valence electrons. The lowest BCUT2D eigenvalue weighted by atomic mass is 9.97. The number of nitrogens with zero attached hydrogens (tertiary/aromatic N) is 1. The first-order valence-corrected chi connectivity index (χ1v) is 11.2. The zero-order chi connectivity index (χ0) is 19.1. The Kier molecular flexibility index (Phi) is 13.0. The molecular weight excluding hydrogens is 326 g/mol. The van der Waals surface area contributed by atoms with Crippen LogP contribution in [0.5, 0.6) is 0 Å². The van der Waals surface area contributed by atoms with Crippen molar-refractivity contribution < 1.29 is 14.9 Å². The molecule has 4 nitrogen and oxygen atoms in total. The van der Waals surface area contributed by atoms with E-state index in [1.54, 1.807) is 0 Å². The number of aliphatic hydroxyl groups is 2. The van der Waals surface area contributed by atoms with Gasteiger partial charge in [-0.2, -0.15) is 0 Å². The van der Waals surface area contributed by atoms with E-state index in [0.717, 1.165) is 18.7 Å². The van der Waals surface area contributed by atoms with Gasteiger partial charge in [0.2, 0.25) is 0 Å². The Morgan fingerprint density at radius 2 is 1.35 bits per heavy atom. The van der Waals surface area contributed by atoms with Crippen molar-refractivity contribution in [1.29, 1.82) is 0 Å². The van der Waals surface area contributed by atoms with Crippen LogP contribution in [0.4, 0.5) is 0 Å². The summed E-state index contributed by atoms with van der Waals surface area (Å²) in [5.74, 6) is 1.08. The molecule has 0 aliphatic carbocycles. The van der Waals surface area contributed by atoms with Crippen molar-refractivity contribution in [3.05, 3.63) is 0 Å². The van der Waals surface area contributed by atoms with Crippen LogP contribution in [-0.2, 0) is 4.74 Å². The number of ether oxygens (including phenoxy) is 1. The fourth-order valence-electron chi connectivity index (χ4n) is 3.66. The smallest absolute Gasteiger partial charge is 0.187 e. The molecular formula is C22H43NO3. The van der Waals surface area contributed by atoms with Crippen molar-refractivity contribution in [2.24, 2.45) is 10.9 Å². The summed E-state index contributed by atoms with van der Waals surface area (Å²) in [4.78, 5) is 4.50. The molecule has 1 unspecified atom stereocenters. The normalized spacial score (nSPS) is 17.2. The summed E-state index contributed by atoms with van der Waals surface area (Å²) in [6.45, 7) is 4.44. The lowest BCUT2D eigenvalue weighted by Crippen LogP contribution is -2.37. The number of rotatable bonds is 17. The van der Waals surface area contributed by atoms with Crippen molar-refractivity contribution >= 4 is 5.90 Å². The third kappa shape index (κ3) is 8.85. The van der Waals surface area contributed by atoms with Gasteiger partial charge in [-0.15, -0.1) is 0 Å². The standard InChI is InChI=1S/C22H43NO3/c1-3-5-6-7-8-9-10-11-12-13-14-15-16-20(4-2)21-23-22(17-24,18-25)19-26-21/h20,24-25H,3-19H2,1-2H3. The predicted octanol–water partition coefficient (Wildman–Crippen LogP) is 5.26. The fourth-order valence-corrected chi connectivity index (χ4v) is 3.66. The number of hydrogen-bond acceptors (Lipinski definition) is 4. The summed E-state index contributed by atoms with van der Waals surface area (Å²) in [5.41, 5.74) is -0.806. The first-order chi connectivity index (χ1) is 12.7. The minimum Gasteiger partial charge on any atom is -0.478 e. The van der Waals surface area contributed by atoms with E-state index in [1.165, 1.54) is 77.0 Å². The number of aliphatic imine (C=N–C) groups is 1. The molecule has 0 saturated carbocycles. The van der Waals surface area contributed by atoms with Gasteiger partial charge in [0, 0.05) is 5.92 Å². The van der Waals surface area contributed by atoms with Gasteiger partial charge in [0.25, 0.3) is 0 Å². The van der Waals surface area contributed by atoms with E-state index in [9.17, 15) is 10.2 Å². The fraction of sp³-hybridized carbons (Fsp3) is 0.955. The molecule has 1 aliphatic heterocycles. The van der Waals surface area contributed by atoms with Crippen LogP contribution in [0, 0.1) is 5.92 Å². The van der Waals surface area contributed by atoms with Gasteiger partial charge in [0.05, 0.1) is 13.2 Å². The molecule has 1 rings (SSSR count). The van der Waals surface area contributed by atoms with E-state index in [-0.39, 0.29) is 13.2 Å². The highest BCUT2D eigenvalue weighted by molar-refractivity contribution is 5.80. The van der Waals surface area contributed by atoms with Crippen LogP contribution in [-0.4, -0.2) is 41.5 Å². The van der Waals surface area contributed by atoms with Crippen LogP contribution in [0.25, 0.3) is 0 Å². The summed E-state index contributed by atoms with van der Waals surface area (Å²) in [6, 6.07) is 0. The molecule has 0 amide bonds. The molecule has 0 saturated heterocycles. The zero-order valence-corrected chi connectivity index (χ0v) is 17.3. The average Bonchev–Trinajstić information content (AvgIpc) is 3.10. The van der Waals surface area contributed by atoms with Gasteiger partial charge in [-0.3, -0.25) is 0 Å². The molecule has 0 aromatic carbocycles. The zero-order valence-electron chi connectivity index (χ0n) is 17.3. The topological polar surface area (TPSA) is 62.1 Å². The third-order valence-corrected chi connectivity index (χ3v) is 5.67. The summed E-state index contributed by atoms with van der Waals surface area (Å²) in [6.07, 6.45) is 18.5. The van der Waals surface area contributed by atoms with Crippen LogP contribution < -0.4 is 0 Å². The van der Waals surface area contributed by atoms with E-state index in [4.69, 9.17) is 4.74 Å². The largest absolute Gasteiger partial charge is 0.478 e. The number of hydrogen-bond donors (Lipinski definition) is 2. The number of aliphatic hydroxyl groups excluding tert-OH is 2. The van der Waals surface area contributed by atoms with Gasteiger partial charge in [-0.05, 0) is 12.8 Å². The molecule has 0 aromatic rings. The van der Waals surface area contributed by atoms with Crippen LogP contribution in [0.2, 0.25) is 0 Å². The quantitative estimate of drug-likeness (QED) is 0.344. The summed E-state index contributed by atoms with van der Waals surface area (Å²) < 4.78 is 5.69. The van der Waals surface area contributed by atoms with Crippen LogP contribution >= 0.6 is 0 Å². The molecule has 0 radical (unpaired) electrons. The Hall–Kier alpha value is -0.610. The second-order valence-electron chi connectivity index (χ2n) is 8.06. The van der Waals surface area contributed by atoms with Crippen molar-refractivity contribution in [2.45, 2.75) is 109 Å². The maximum Gasteiger partial charge on any atom is 0.187 e. The van der Waals surface area contributed by atoms with E-state index >= 15 is 0 Å². The van der Waals surface area contributed by atoms with Gasteiger partial charge in [-0.25, -0.2) is 4.99 Å². The molecule has 1 heterocycles. The summed E-state index contributed by atoms with van der Waals surface area (Å²) >= 11 is 0. The molecule has 1 aliphatic rings. The van der Waals surface area contributed by atoms with Crippen LogP contribution in [0.15, 0.2) is 4.99 Å². The SMILES string of the molecule is CCCCCCCCCCCCCCC(CC)C1=NC(CO)(CO)CO1. The van der Waals surface area contributed by atoms with Gasteiger partial charge in [0.1, 0.15) is 12.1 Å². The number of unbranched alkanes of at least 4 members (excludes halogenated alkanes) is 11. The third-order valence-electron chi connectivity index (χ3n) is 5.67. The molecule has 0 fully saturated rings. The van der Waals surface area contributed by atoms with Gasteiger partial charge in [-0.1, -0.05) is 90.9 Å². The molecule has 0 aromatic heterocycles. The summed E-state index contributed by atoms with van der Waals surface area (Å²) in [7, 11) is 0. The van der Waals surface area contributed by atoms with E-state index in [0.29, 0.717) is 12.5 Å². The second-order valence-corrected chi connectivity index (χ2v) is 8.06. The van der Waals surface area contributed by atoms with E-state index in [1.807, 2.05) is 0 Å². The lowest BCUT2D eigenvalue weighted by molar-refractivity contribution is 0.0965. The first-order valence-electron chi connectivity index (χ1n) is 11.2. The lowest BCUT2D eigenvalue weighted by Gasteiger charge is -2.16. The predicted molar refractivity (Wildman–Crippen MR) is 110 cm³/mol. The highest BCUT2D eigenvalue weighted by atomic mass is 16.5. The monoisotopic (exact) mass is 369 g/mol. The maximum atomic E-state index is 9.43. The van der Waals surface area contributed by atoms with E-state index < -0.39 is 5.54 Å². The van der Waals surface area contributed by atoms with Gasteiger partial charge in [0.15, 0.2) is 5.90 Å². The minimum atomic E-state index is -0.806. The summed E-state index contributed by atoms with van der Waals surface area (Å²) in [5, 5.41) is 18.9. The Bertz CT molecular complexity index is 366. The Morgan fingerprint density at radius 3 is 1.77 bits per heavy atom. The Morgan fingerprint density at radius 1 is 0.846 bits per heavy atom. The molecule has 26 heavy (non-hydrogen) atoms.